The van der Waals surface area contributed by atoms with E-state index in [2.05, 4.69) is 6.92 Å². The van der Waals surface area contributed by atoms with Crippen molar-refractivity contribution < 1.29 is 20.4 Å². The number of benzene rings is 1. The minimum absolute atomic E-state index is 0.460. The molecule has 0 unspecified atom stereocenters. The highest BCUT2D eigenvalue weighted by Gasteiger charge is 2.31. The average Bonchev–Trinajstić information content (AvgIpc) is 2.61. The van der Waals surface area contributed by atoms with E-state index in [1.807, 2.05) is 54.4 Å². The molecule has 4 atom stereocenters. The number of nitrogens with zero attached hydrogens (tertiary/aromatic N) is 1. The summed E-state index contributed by atoms with van der Waals surface area (Å²) < 4.78 is 0. The van der Waals surface area contributed by atoms with Gasteiger partial charge >= 0.3 is 0 Å². The molecule has 0 fully saturated rings. The van der Waals surface area contributed by atoms with E-state index in [1.54, 1.807) is 0 Å². The molecule has 5 nitrogen and oxygen atoms in total. The van der Waals surface area contributed by atoms with E-state index in [-0.39, 0.29) is 0 Å². The van der Waals surface area contributed by atoms with Gasteiger partial charge in [0, 0.05) is 0 Å². The normalized spacial score (nSPS) is 17.1. The van der Waals surface area contributed by atoms with Gasteiger partial charge in [-0.05, 0) is 25.6 Å². The molecule has 0 amide bonds. The summed E-state index contributed by atoms with van der Waals surface area (Å²) in [6, 6.07) is 9.24. The smallest absolute Gasteiger partial charge is 0.110 e. The van der Waals surface area contributed by atoms with E-state index in [0.717, 1.165) is 31.4 Å². The van der Waals surface area contributed by atoms with Crippen LogP contribution in [-0.2, 0) is 0 Å². The Morgan fingerprint density at radius 1 is 1.04 bits per heavy atom. The van der Waals surface area contributed by atoms with Gasteiger partial charge in [-0.3, -0.25) is 4.90 Å². The summed E-state index contributed by atoms with van der Waals surface area (Å²) in [7, 11) is 1.89. The molecular formula is C19H31NO4. The predicted molar refractivity (Wildman–Crippen MR) is 96.5 cm³/mol. The molecule has 4 N–H and O–H groups in total. The first-order valence-electron chi connectivity index (χ1n) is 8.59. The predicted octanol–water partition coefficient (Wildman–Crippen LogP) is 1.27. The van der Waals surface area contributed by atoms with Crippen LogP contribution in [0, 0.1) is 0 Å². The molecule has 0 saturated heterocycles. The first-order chi connectivity index (χ1) is 11.5. The molecule has 136 valence electrons. The average molecular weight is 337 g/mol. The molecule has 1 aromatic rings. The Bertz CT molecular complexity index is 466. The lowest BCUT2D eigenvalue weighted by molar-refractivity contribution is -0.0931. The Balaban J connectivity index is 2.87. The highest BCUT2D eigenvalue weighted by atomic mass is 16.4. The van der Waals surface area contributed by atoms with Crippen molar-refractivity contribution >= 4 is 6.08 Å². The van der Waals surface area contributed by atoms with Crippen molar-refractivity contribution in [1.29, 1.82) is 0 Å². The van der Waals surface area contributed by atoms with Crippen LogP contribution in [0.3, 0.4) is 0 Å². The van der Waals surface area contributed by atoms with Crippen molar-refractivity contribution in [2.24, 2.45) is 0 Å². The second kappa shape index (κ2) is 11.3. The summed E-state index contributed by atoms with van der Waals surface area (Å²) in [6.45, 7) is 2.31. The van der Waals surface area contributed by atoms with Crippen LogP contribution < -0.4 is 0 Å². The van der Waals surface area contributed by atoms with Crippen LogP contribution in [-0.4, -0.2) is 69.9 Å². The van der Waals surface area contributed by atoms with Gasteiger partial charge in [0.05, 0.1) is 12.6 Å². The zero-order valence-corrected chi connectivity index (χ0v) is 14.6. The molecule has 1 aromatic carbocycles. The van der Waals surface area contributed by atoms with Crippen molar-refractivity contribution in [3.05, 3.63) is 42.0 Å². The molecule has 0 saturated carbocycles. The topological polar surface area (TPSA) is 84.2 Å². The van der Waals surface area contributed by atoms with Gasteiger partial charge in [-0.1, -0.05) is 62.2 Å². The molecule has 1 rings (SSSR count). The van der Waals surface area contributed by atoms with Crippen LogP contribution in [0.4, 0.5) is 0 Å². The van der Waals surface area contributed by atoms with Crippen LogP contribution in [0.5, 0.6) is 0 Å². The molecule has 0 aliphatic rings. The number of aliphatic hydroxyl groups is 4. The summed E-state index contributed by atoms with van der Waals surface area (Å²) in [5.74, 6) is 0. The van der Waals surface area contributed by atoms with Gasteiger partial charge in [0.15, 0.2) is 0 Å². The van der Waals surface area contributed by atoms with E-state index >= 15 is 0 Å². The van der Waals surface area contributed by atoms with Crippen LogP contribution in [0.25, 0.3) is 6.08 Å². The highest BCUT2D eigenvalue weighted by Crippen LogP contribution is 2.15. The summed E-state index contributed by atoms with van der Waals surface area (Å²) in [5.41, 5.74) is 0.994. The molecule has 0 aliphatic carbocycles. The Hall–Kier alpha value is -1.24. The van der Waals surface area contributed by atoms with Crippen LogP contribution in [0.2, 0.25) is 0 Å². The molecule has 24 heavy (non-hydrogen) atoms. The summed E-state index contributed by atoms with van der Waals surface area (Å²) in [5, 5.41) is 39.2. The zero-order chi connectivity index (χ0) is 17.9. The molecule has 5 heteroatoms. The molecule has 0 heterocycles. The monoisotopic (exact) mass is 337 g/mol. The van der Waals surface area contributed by atoms with E-state index in [0.29, 0.717) is 0 Å². The first-order valence-corrected chi connectivity index (χ1v) is 8.59. The molecule has 0 aromatic heterocycles. The standard InChI is InChI=1S/C19H31NO4/c1-3-4-8-13-20(2)16(18(23)19(24)17(22)14-21)12-11-15-9-6-5-7-10-15/h5-7,9-12,16-19,21-24H,3-4,8,13-14H2,1-2H3/b12-11+/t16-,17+,18-,19+/m0/s1. The van der Waals surface area contributed by atoms with Crippen molar-refractivity contribution in [1.82, 2.24) is 4.90 Å². The van der Waals surface area contributed by atoms with Crippen molar-refractivity contribution in [2.45, 2.75) is 50.5 Å². The Morgan fingerprint density at radius 3 is 2.29 bits per heavy atom. The summed E-state index contributed by atoms with van der Waals surface area (Å²) in [4.78, 5) is 1.97. The van der Waals surface area contributed by atoms with Gasteiger partial charge in [0.2, 0.25) is 0 Å². The second-order valence-electron chi connectivity index (χ2n) is 6.18. The van der Waals surface area contributed by atoms with Gasteiger partial charge in [0.25, 0.3) is 0 Å². The lowest BCUT2D eigenvalue weighted by Gasteiger charge is -2.33. The van der Waals surface area contributed by atoms with E-state index in [4.69, 9.17) is 5.11 Å². The van der Waals surface area contributed by atoms with Gasteiger partial charge < -0.3 is 20.4 Å². The maximum Gasteiger partial charge on any atom is 0.110 e. The minimum Gasteiger partial charge on any atom is -0.394 e. The largest absolute Gasteiger partial charge is 0.394 e. The van der Waals surface area contributed by atoms with Gasteiger partial charge in [-0.25, -0.2) is 0 Å². The Labute approximate surface area is 144 Å². The second-order valence-corrected chi connectivity index (χ2v) is 6.18. The van der Waals surface area contributed by atoms with Crippen LogP contribution >= 0.6 is 0 Å². The Kier molecular flexibility index (Phi) is 9.83. The van der Waals surface area contributed by atoms with Crippen molar-refractivity contribution in [2.75, 3.05) is 20.2 Å². The lowest BCUT2D eigenvalue weighted by atomic mass is 9.98. The quantitative estimate of drug-likeness (QED) is 0.457. The van der Waals surface area contributed by atoms with Crippen molar-refractivity contribution in [3.63, 3.8) is 0 Å². The number of hydrogen-bond donors (Lipinski definition) is 4. The van der Waals surface area contributed by atoms with E-state index in [9.17, 15) is 15.3 Å². The summed E-state index contributed by atoms with van der Waals surface area (Å²) in [6.07, 6.45) is 2.95. The molecule has 0 spiro atoms. The molecule has 0 bridgehead atoms. The highest BCUT2D eigenvalue weighted by molar-refractivity contribution is 5.49. The maximum atomic E-state index is 10.5. The maximum absolute atomic E-state index is 10.5. The first kappa shape index (κ1) is 20.8. The van der Waals surface area contributed by atoms with E-state index in [1.165, 1.54) is 0 Å². The molecular weight excluding hydrogens is 306 g/mol. The zero-order valence-electron chi connectivity index (χ0n) is 14.6. The third kappa shape index (κ3) is 6.71. The molecule has 0 radical (unpaired) electrons. The number of hydrogen-bond acceptors (Lipinski definition) is 5. The third-order valence-corrected chi connectivity index (χ3v) is 4.19. The SMILES string of the molecule is CCCCCN(C)[C@@H](/C=C/c1ccccc1)[C@H](O)[C@H](O)[C@H](O)CO. The fourth-order valence-electron chi connectivity index (χ4n) is 2.59. The molecule has 0 aliphatic heterocycles. The number of unbranched alkanes of at least 4 members (excludes halogenated alkanes) is 2. The fourth-order valence-corrected chi connectivity index (χ4v) is 2.59. The van der Waals surface area contributed by atoms with Crippen LogP contribution in [0.15, 0.2) is 36.4 Å². The fraction of sp³-hybridized carbons (Fsp3) is 0.579. The summed E-state index contributed by atoms with van der Waals surface area (Å²) >= 11 is 0. The Morgan fingerprint density at radius 2 is 1.71 bits per heavy atom. The van der Waals surface area contributed by atoms with Gasteiger partial charge in [0.1, 0.15) is 18.3 Å². The van der Waals surface area contributed by atoms with Gasteiger partial charge in [-0.15, -0.1) is 0 Å². The van der Waals surface area contributed by atoms with Crippen molar-refractivity contribution in [3.8, 4) is 0 Å². The van der Waals surface area contributed by atoms with Gasteiger partial charge in [-0.2, -0.15) is 0 Å². The number of likely N-dealkylation sites (N-methyl/N-ethyl adjacent to an activating group) is 1. The van der Waals surface area contributed by atoms with Crippen LogP contribution in [0.1, 0.15) is 31.7 Å². The number of aliphatic hydroxyl groups excluding tert-OH is 4. The lowest BCUT2D eigenvalue weighted by Crippen LogP contribution is -2.51. The third-order valence-electron chi connectivity index (χ3n) is 4.19. The minimum atomic E-state index is -1.41. The number of rotatable bonds is 11. The van der Waals surface area contributed by atoms with E-state index < -0.39 is 31.0 Å².